The average Bonchev–Trinajstić information content (AvgIpc) is 2.09. The molecule has 0 aromatic heterocycles. The summed E-state index contributed by atoms with van der Waals surface area (Å²) in [7, 11) is 0. The molecule has 1 rings (SSSR count). The molecule has 0 aliphatic carbocycles. The first-order valence-electron chi connectivity index (χ1n) is 3.93. The second kappa shape index (κ2) is 5.55. The largest absolute Gasteiger partial charge is 0.161 e. The summed E-state index contributed by atoms with van der Waals surface area (Å²) in [4.78, 5) is 0. The Kier molecular flexibility index (Phi) is 4.62. The average molecular weight is 198 g/mol. The zero-order chi connectivity index (χ0) is 8.81. The highest BCUT2D eigenvalue weighted by atomic mass is 32.2. The standard InChI is InChI=1S/C10H14S2/c1-11-7-9-5-3-4-6-10(9)8-12-2/h3-6H,7-8H2,1-2H3. The summed E-state index contributed by atoms with van der Waals surface area (Å²) in [5, 5.41) is 0. The third-order valence-electron chi connectivity index (χ3n) is 1.72. The summed E-state index contributed by atoms with van der Waals surface area (Å²) in [5.41, 5.74) is 2.97. The lowest BCUT2D eigenvalue weighted by Gasteiger charge is -2.05. The van der Waals surface area contributed by atoms with Crippen LogP contribution >= 0.6 is 23.5 Å². The van der Waals surface area contributed by atoms with Gasteiger partial charge in [0.15, 0.2) is 0 Å². The van der Waals surface area contributed by atoms with Gasteiger partial charge in [0, 0.05) is 11.5 Å². The first kappa shape index (κ1) is 10.0. The van der Waals surface area contributed by atoms with Crippen molar-refractivity contribution in [3.63, 3.8) is 0 Å². The minimum Gasteiger partial charge on any atom is -0.161 e. The highest BCUT2D eigenvalue weighted by molar-refractivity contribution is 7.98. The maximum atomic E-state index is 2.22. The van der Waals surface area contributed by atoms with Crippen molar-refractivity contribution in [1.82, 2.24) is 0 Å². The molecule has 0 fully saturated rings. The van der Waals surface area contributed by atoms with E-state index < -0.39 is 0 Å². The Morgan fingerprint density at radius 1 is 0.917 bits per heavy atom. The summed E-state index contributed by atoms with van der Waals surface area (Å²) < 4.78 is 0. The third-order valence-corrected chi connectivity index (χ3v) is 2.92. The third kappa shape index (κ3) is 2.76. The van der Waals surface area contributed by atoms with Gasteiger partial charge < -0.3 is 0 Å². The van der Waals surface area contributed by atoms with Crippen molar-refractivity contribution >= 4 is 23.5 Å². The molecule has 2 heteroatoms. The van der Waals surface area contributed by atoms with Crippen molar-refractivity contribution in [2.75, 3.05) is 12.5 Å². The molecule has 1 aromatic rings. The second-order valence-electron chi connectivity index (χ2n) is 2.63. The van der Waals surface area contributed by atoms with E-state index in [0.717, 1.165) is 11.5 Å². The Morgan fingerprint density at radius 3 is 1.67 bits per heavy atom. The van der Waals surface area contributed by atoms with E-state index in [4.69, 9.17) is 0 Å². The van der Waals surface area contributed by atoms with Crippen LogP contribution in [-0.4, -0.2) is 12.5 Å². The van der Waals surface area contributed by atoms with E-state index in [0.29, 0.717) is 0 Å². The molecule has 0 amide bonds. The molecule has 0 aliphatic rings. The summed E-state index contributed by atoms with van der Waals surface area (Å²) in [6, 6.07) is 8.69. The minimum atomic E-state index is 1.14. The fourth-order valence-electron chi connectivity index (χ4n) is 1.15. The molecule has 12 heavy (non-hydrogen) atoms. The van der Waals surface area contributed by atoms with Crippen molar-refractivity contribution in [3.8, 4) is 0 Å². The number of rotatable bonds is 4. The van der Waals surface area contributed by atoms with Crippen LogP contribution < -0.4 is 0 Å². The van der Waals surface area contributed by atoms with Crippen molar-refractivity contribution in [3.05, 3.63) is 35.4 Å². The normalized spacial score (nSPS) is 10.2. The van der Waals surface area contributed by atoms with Gasteiger partial charge in [-0.2, -0.15) is 23.5 Å². The smallest absolute Gasteiger partial charge is 0.0184 e. The van der Waals surface area contributed by atoms with Gasteiger partial charge in [0.25, 0.3) is 0 Å². The van der Waals surface area contributed by atoms with Crippen LogP contribution in [0.25, 0.3) is 0 Å². The number of hydrogen-bond acceptors (Lipinski definition) is 2. The fraction of sp³-hybridized carbons (Fsp3) is 0.400. The molecule has 0 atom stereocenters. The predicted molar refractivity (Wildman–Crippen MR) is 60.9 cm³/mol. The highest BCUT2D eigenvalue weighted by Gasteiger charge is 1.98. The Morgan fingerprint density at radius 2 is 1.33 bits per heavy atom. The van der Waals surface area contributed by atoms with E-state index >= 15 is 0 Å². The maximum absolute atomic E-state index is 2.22. The number of benzene rings is 1. The van der Waals surface area contributed by atoms with Gasteiger partial charge >= 0.3 is 0 Å². The van der Waals surface area contributed by atoms with E-state index in [1.54, 1.807) is 0 Å². The lowest BCUT2D eigenvalue weighted by molar-refractivity contribution is 1.28. The molecule has 0 nitrogen and oxygen atoms in total. The van der Waals surface area contributed by atoms with Gasteiger partial charge in [-0.3, -0.25) is 0 Å². The SMILES string of the molecule is CSCc1ccccc1CSC. The van der Waals surface area contributed by atoms with Crippen LogP contribution in [0.5, 0.6) is 0 Å². The van der Waals surface area contributed by atoms with Crippen molar-refractivity contribution in [1.29, 1.82) is 0 Å². The Balaban J connectivity index is 2.77. The van der Waals surface area contributed by atoms with E-state index in [9.17, 15) is 0 Å². The Labute approximate surface area is 83.1 Å². The lowest BCUT2D eigenvalue weighted by atomic mass is 10.1. The zero-order valence-electron chi connectivity index (χ0n) is 7.54. The van der Waals surface area contributed by atoms with Crippen LogP contribution in [-0.2, 0) is 11.5 Å². The molecule has 66 valence electrons. The van der Waals surface area contributed by atoms with E-state index in [2.05, 4.69) is 36.8 Å². The molecule has 0 N–H and O–H groups in total. The molecule has 0 radical (unpaired) electrons. The molecular formula is C10H14S2. The molecule has 0 saturated heterocycles. The van der Waals surface area contributed by atoms with Crippen LogP contribution in [0, 0.1) is 0 Å². The summed E-state index contributed by atoms with van der Waals surface area (Å²) in [5.74, 6) is 2.27. The fourth-order valence-corrected chi connectivity index (χ4v) is 2.34. The van der Waals surface area contributed by atoms with Gasteiger partial charge in [0.2, 0.25) is 0 Å². The molecule has 1 aromatic carbocycles. The van der Waals surface area contributed by atoms with Gasteiger partial charge in [-0.25, -0.2) is 0 Å². The molecule has 0 heterocycles. The molecule has 0 spiro atoms. The maximum Gasteiger partial charge on any atom is 0.0184 e. The van der Waals surface area contributed by atoms with Gasteiger partial charge in [0.05, 0.1) is 0 Å². The molecule has 0 saturated carbocycles. The first-order valence-corrected chi connectivity index (χ1v) is 6.72. The summed E-state index contributed by atoms with van der Waals surface area (Å²) >= 11 is 3.77. The van der Waals surface area contributed by atoms with Crippen LogP contribution in [0.2, 0.25) is 0 Å². The summed E-state index contributed by atoms with van der Waals surface area (Å²) in [6.07, 6.45) is 4.30. The van der Waals surface area contributed by atoms with Crippen LogP contribution in [0.4, 0.5) is 0 Å². The predicted octanol–water partition coefficient (Wildman–Crippen LogP) is 3.41. The molecular weight excluding hydrogens is 184 g/mol. The summed E-state index contributed by atoms with van der Waals surface area (Å²) in [6.45, 7) is 0. The van der Waals surface area contributed by atoms with Gasteiger partial charge in [-0.15, -0.1) is 0 Å². The zero-order valence-corrected chi connectivity index (χ0v) is 9.17. The van der Waals surface area contributed by atoms with Crippen molar-refractivity contribution in [2.45, 2.75) is 11.5 Å². The van der Waals surface area contributed by atoms with Crippen LogP contribution in [0.3, 0.4) is 0 Å². The van der Waals surface area contributed by atoms with Crippen molar-refractivity contribution < 1.29 is 0 Å². The van der Waals surface area contributed by atoms with Gasteiger partial charge in [-0.05, 0) is 23.6 Å². The first-order chi connectivity index (χ1) is 5.88. The van der Waals surface area contributed by atoms with Gasteiger partial charge in [-0.1, -0.05) is 24.3 Å². The van der Waals surface area contributed by atoms with E-state index in [1.165, 1.54) is 11.1 Å². The molecule has 0 unspecified atom stereocenters. The minimum absolute atomic E-state index is 1.14. The van der Waals surface area contributed by atoms with Crippen molar-refractivity contribution in [2.24, 2.45) is 0 Å². The molecule has 0 aliphatic heterocycles. The van der Waals surface area contributed by atoms with E-state index in [-0.39, 0.29) is 0 Å². The lowest BCUT2D eigenvalue weighted by Crippen LogP contribution is -1.88. The topological polar surface area (TPSA) is 0 Å². The molecule has 0 bridgehead atoms. The monoisotopic (exact) mass is 198 g/mol. The van der Waals surface area contributed by atoms with Crippen LogP contribution in [0.15, 0.2) is 24.3 Å². The van der Waals surface area contributed by atoms with E-state index in [1.807, 2.05) is 23.5 Å². The highest BCUT2D eigenvalue weighted by Crippen LogP contribution is 2.18. The van der Waals surface area contributed by atoms with Crippen LogP contribution in [0.1, 0.15) is 11.1 Å². The Bertz CT molecular complexity index is 208. The number of thioether (sulfide) groups is 2. The number of hydrogen-bond donors (Lipinski definition) is 0. The quantitative estimate of drug-likeness (QED) is 0.727. The Hall–Kier alpha value is -0.0800. The van der Waals surface area contributed by atoms with Gasteiger partial charge in [0.1, 0.15) is 0 Å². The second-order valence-corrected chi connectivity index (χ2v) is 4.37.